The number of rotatable bonds is 5. The van der Waals surface area contributed by atoms with Crippen LogP contribution >= 0.6 is 0 Å². The van der Waals surface area contributed by atoms with Gasteiger partial charge in [0, 0.05) is 24.6 Å². The summed E-state index contributed by atoms with van der Waals surface area (Å²) in [5, 5.41) is 3.08. The Morgan fingerprint density at radius 2 is 1.81 bits per heavy atom. The standard InChI is InChI=1S/C15H18N2O3S/c1-11-12(10-16-2)4-9-15(17-11)20-13-5-7-14(8-6-13)21(3,18)19/h4-9,16H,10H2,1-3H3. The lowest BCUT2D eigenvalue weighted by molar-refractivity contribution is 0.460. The van der Waals surface area contributed by atoms with Crippen LogP contribution in [0, 0.1) is 6.92 Å². The summed E-state index contributed by atoms with van der Waals surface area (Å²) in [6.45, 7) is 2.68. The number of nitrogens with zero attached hydrogens (tertiary/aromatic N) is 1. The molecule has 2 rings (SSSR count). The second kappa shape index (κ2) is 6.24. The first-order chi connectivity index (χ1) is 9.90. The first-order valence-electron chi connectivity index (χ1n) is 6.49. The Labute approximate surface area is 124 Å². The third-order valence-corrected chi connectivity index (χ3v) is 4.14. The normalized spacial score (nSPS) is 11.4. The molecular weight excluding hydrogens is 288 g/mol. The van der Waals surface area contributed by atoms with Gasteiger partial charge in [-0.2, -0.15) is 0 Å². The minimum atomic E-state index is -3.19. The first kappa shape index (κ1) is 15.5. The average Bonchev–Trinajstić information content (AvgIpc) is 2.42. The summed E-state index contributed by atoms with van der Waals surface area (Å²) >= 11 is 0. The van der Waals surface area contributed by atoms with Crippen LogP contribution in [-0.4, -0.2) is 26.7 Å². The van der Waals surface area contributed by atoms with Gasteiger partial charge in [-0.15, -0.1) is 0 Å². The Balaban J connectivity index is 2.17. The Kier molecular flexibility index (Phi) is 4.59. The molecule has 0 amide bonds. The number of benzene rings is 1. The van der Waals surface area contributed by atoms with Crippen molar-refractivity contribution in [2.45, 2.75) is 18.4 Å². The Morgan fingerprint density at radius 3 is 2.33 bits per heavy atom. The molecule has 0 saturated heterocycles. The van der Waals surface area contributed by atoms with Crippen molar-refractivity contribution in [3.8, 4) is 11.6 Å². The van der Waals surface area contributed by atoms with Crippen LogP contribution in [0.3, 0.4) is 0 Å². The van der Waals surface area contributed by atoms with Crippen molar-refractivity contribution in [1.82, 2.24) is 10.3 Å². The van der Waals surface area contributed by atoms with Crippen molar-refractivity contribution in [2.75, 3.05) is 13.3 Å². The fourth-order valence-corrected chi connectivity index (χ4v) is 2.51. The number of nitrogens with one attached hydrogen (secondary N) is 1. The lowest BCUT2D eigenvalue weighted by Gasteiger charge is -2.09. The molecule has 0 aliphatic rings. The fourth-order valence-electron chi connectivity index (χ4n) is 1.88. The summed E-state index contributed by atoms with van der Waals surface area (Å²) < 4.78 is 28.4. The summed E-state index contributed by atoms with van der Waals surface area (Å²) in [5.41, 5.74) is 2.01. The Morgan fingerprint density at radius 1 is 1.14 bits per heavy atom. The molecule has 112 valence electrons. The Bertz CT molecular complexity index is 725. The molecule has 0 unspecified atom stereocenters. The van der Waals surface area contributed by atoms with Gasteiger partial charge in [-0.25, -0.2) is 13.4 Å². The molecule has 21 heavy (non-hydrogen) atoms. The van der Waals surface area contributed by atoms with E-state index < -0.39 is 9.84 Å². The minimum absolute atomic E-state index is 0.267. The molecule has 5 nitrogen and oxygen atoms in total. The fraction of sp³-hybridized carbons (Fsp3) is 0.267. The van der Waals surface area contributed by atoms with Crippen molar-refractivity contribution < 1.29 is 13.2 Å². The maximum Gasteiger partial charge on any atom is 0.219 e. The van der Waals surface area contributed by atoms with Gasteiger partial charge in [-0.3, -0.25) is 0 Å². The third kappa shape index (κ3) is 4.03. The summed E-state index contributed by atoms with van der Waals surface area (Å²) in [6.07, 6.45) is 1.17. The van der Waals surface area contributed by atoms with Crippen molar-refractivity contribution in [2.24, 2.45) is 0 Å². The molecule has 2 aromatic rings. The largest absolute Gasteiger partial charge is 0.439 e. The van der Waals surface area contributed by atoms with E-state index in [1.807, 2.05) is 20.0 Å². The molecule has 0 fully saturated rings. The van der Waals surface area contributed by atoms with Gasteiger partial charge >= 0.3 is 0 Å². The molecule has 0 aliphatic heterocycles. The minimum Gasteiger partial charge on any atom is -0.439 e. The van der Waals surface area contributed by atoms with Crippen LogP contribution in [0.1, 0.15) is 11.3 Å². The number of hydrogen-bond donors (Lipinski definition) is 1. The van der Waals surface area contributed by atoms with E-state index in [2.05, 4.69) is 10.3 Å². The van der Waals surface area contributed by atoms with E-state index in [1.165, 1.54) is 18.4 Å². The number of pyridine rings is 1. The highest BCUT2D eigenvalue weighted by molar-refractivity contribution is 7.90. The number of aromatic nitrogens is 1. The quantitative estimate of drug-likeness (QED) is 0.918. The molecule has 0 radical (unpaired) electrons. The lowest BCUT2D eigenvalue weighted by Crippen LogP contribution is -2.07. The van der Waals surface area contributed by atoms with Crippen molar-refractivity contribution in [1.29, 1.82) is 0 Å². The number of aryl methyl sites for hydroxylation is 1. The van der Waals surface area contributed by atoms with E-state index in [4.69, 9.17) is 4.74 Å². The SMILES string of the molecule is CNCc1ccc(Oc2ccc(S(C)(=O)=O)cc2)nc1C. The van der Waals surface area contributed by atoms with Gasteiger partial charge in [0.1, 0.15) is 5.75 Å². The van der Waals surface area contributed by atoms with Gasteiger partial charge < -0.3 is 10.1 Å². The highest BCUT2D eigenvalue weighted by atomic mass is 32.2. The predicted octanol–water partition coefficient (Wildman–Crippen LogP) is 2.31. The lowest BCUT2D eigenvalue weighted by atomic mass is 10.2. The molecule has 0 atom stereocenters. The van der Waals surface area contributed by atoms with E-state index in [0.717, 1.165) is 17.8 Å². The molecule has 1 aromatic carbocycles. The van der Waals surface area contributed by atoms with Gasteiger partial charge in [0.15, 0.2) is 9.84 Å². The van der Waals surface area contributed by atoms with Crippen LogP contribution < -0.4 is 10.1 Å². The molecule has 1 aromatic heterocycles. The van der Waals surface area contributed by atoms with Crippen LogP contribution in [0.4, 0.5) is 0 Å². The highest BCUT2D eigenvalue weighted by Gasteiger charge is 2.08. The van der Waals surface area contributed by atoms with Crippen molar-refractivity contribution in [3.63, 3.8) is 0 Å². The van der Waals surface area contributed by atoms with Gasteiger partial charge in [-0.1, -0.05) is 6.07 Å². The molecular formula is C15H18N2O3S. The van der Waals surface area contributed by atoms with Crippen LogP contribution in [0.5, 0.6) is 11.6 Å². The van der Waals surface area contributed by atoms with E-state index in [0.29, 0.717) is 11.6 Å². The molecule has 1 N–H and O–H groups in total. The number of ether oxygens (including phenoxy) is 1. The topological polar surface area (TPSA) is 68.3 Å². The molecule has 6 heteroatoms. The molecule has 0 spiro atoms. The van der Waals surface area contributed by atoms with Crippen molar-refractivity contribution >= 4 is 9.84 Å². The zero-order chi connectivity index (χ0) is 15.5. The van der Waals surface area contributed by atoms with Gasteiger partial charge in [-0.05, 0) is 43.8 Å². The summed E-state index contributed by atoms with van der Waals surface area (Å²) in [4.78, 5) is 4.64. The molecule has 0 bridgehead atoms. The zero-order valence-corrected chi connectivity index (χ0v) is 13.1. The third-order valence-electron chi connectivity index (χ3n) is 3.01. The summed E-state index contributed by atoms with van der Waals surface area (Å²) in [7, 11) is -1.31. The van der Waals surface area contributed by atoms with Gasteiger partial charge in [0.2, 0.25) is 5.88 Å². The number of hydrogen-bond acceptors (Lipinski definition) is 5. The second-order valence-electron chi connectivity index (χ2n) is 4.77. The maximum atomic E-state index is 11.4. The first-order valence-corrected chi connectivity index (χ1v) is 8.38. The highest BCUT2D eigenvalue weighted by Crippen LogP contribution is 2.22. The zero-order valence-electron chi connectivity index (χ0n) is 12.3. The smallest absolute Gasteiger partial charge is 0.219 e. The van der Waals surface area contributed by atoms with Gasteiger partial charge in [0.25, 0.3) is 0 Å². The van der Waals surface area contributed by atoms with E-state index in [1.54, 1.807) is 18.2 Å². The molecule has 0 aliphatic carbocycles. The molecule has 1 heterocycles. The van der Waals surface area contributed by atoms with Crippen LogP contribution in [0.2, 0.25) is 0 Å². The van der Waals surface area contributed by atoms with Crippen LogP contribution in [0.25, 0.3) is 0 Å². The van der Waals surface area contributed by atoms with Crippen LogP contribution in [0.15, 0.2) is 41.3 Å². The average molecular weight is 306 g/mol. The number of sulfone groups is 1. The van der Waals surface area contributed by atoms with E-state index in [-0.39, 0.29) is 4.90 Å². The monoisotopic (exact) mass is 306 g/mol. The van der Waals surface area contributed by atoms with Crippen LogP contribution in [-0.2, 0) is 16.4 Å². The van der Waals surface area contributed by atoms with E-state index in [9.17, 15) is 8.42 Å². The molecule has 0 saturated carbocycles. The van der Waals surface area contributed by atoms with Gasteiger partial charge in [0.05, 0.1) is 4.90 Å². The predicted molar refractivity (Wildman–Crippen MR) is 81.4 cm³/mol. The summed E-state index contributed by atoms with van der Waals surface area (Å²) in [5.74, 6) is 1.04. The summed E-state index contributed by atoms with van der Waals surface area (Å²) in [6, 6.07) is 10.0. The maximum absolute atomic E-state index is 11.4. The second-order valence-corrected chi connectivity index (χ2v) is 6.79. The van der Waals surface area contributed by atoms with Crippen molar-refractivity contribution in [3.05, 3.63) is 47.7 Å². The Hall–Kier alpha value is -1.92. The van der Waals surface area contributed by atoms with E-state index >= 15 is 0 Å².